The van der Waals surface area contributed by atoms with Crippen LogP contribution in [0.2, 0.25) is 0 Å². The number of carbonyl (C=O) groups excluding carboxylic acids is 1. The number of nitrogens with zero attached hydrogens (tertiary/aromatic N) is 1. The number of nitrogens with two attached hydrogens (primary N) is 1. The third-order valence-electron chi connectivity index (χ3n) is 3.66. The first-order valence-corrected chi connectivity index (χ1v) is 7.28. The Kier molecular flexibility index (Phi) is 7.81. The summed E-state index contributed by atoms with van der Waals surface area (Å²) in [5.41, 5.74) is 5.20. The zero-order valence-electron chi connectivity index (χ0n) is 12.6. The van der Waals surface area contributed by atoms with E-state index in [1.165, 1.54) is 4.90 Å². The Labute approximate surface area is 139 Å². The lowest BCUT2D eigenvalue weighted by Crippen LogP contribution is -2.41. The van der Waals surface area contributed by atoms with Crippen LogP contribution in [0.15, 0.2) is 12.1 Å². The largest absolute Gasteiger partial charge is 0.378 e. The van der Waals surface area contributed by atoms with Crippen LogP contribution in [0, 0.1) is 17.5 Å². The average Bonchev–Trinajstić information content (AvgIpc) is 2.52. The van der Waals surface area contributed by atoms with Crippen LogP contribution >= 0.6 is 12.4 Å². The van der Waals surface area contributed by atoms with E-state index < -0.39 is 23.4 Å². The summed E-state index contributed by atoms with van der Waals surface area (Å²) in [6.45, 7) is 2.03. The first kappa shape index (κ1) is 19.7. The lowest BCUT2D eigenvalue weighted by Gasteiger charge is -2.32. The van der Waals surface area contributed by atoms with Crippen molar-refractivity contribution in [3.63, 3.8) is 0 Å². The molecule has 0 unspecified atom stereocenters. The smallest absolute Gasteiger partial charge is 0.254 e. The number of likely N-dealkylation sites (tertiary alicyclic amines) is 1. The van der Waals surface area contributed by atoms with Gasteiger partial charge in [0.2, 0.25) is 0 Å². The second-order valence-electron chi connectivity index (χ2n) is 5.26. The van der Waals surface area contributed by atoms with Crippen LogP contribution in [-0.2, 0) is 4.74 Å². The maximum Gasteiger partial charge on any atom is 0.254 e. The van der Waals surface area contributed by atoms with E-state index in [1.807, 2.05) is 0 Å². The lowest BCUT2D eigenvalue weighted by molar-refractivity contribution is 0.00841. The van der Waals surface area contributed by atoms with Crippen molar-refractivity contribution < 1.29 is 22.7 Å². The number of hydrogen-bond acceptors (Lipinski definition) is 3. The molecule has 0 bridgehead atoms. The predicted molar refractivity (Wildman–Crippen MR) is 82.1 cm³/mol. The summed E-state index contributed by atoms with van der Waals surface area (Å²) < 4.78 is 44.9. The molecule has 0 radical (unpaired) electrons. The number of amides is 1. The SMILES string of the molecule is Cl.NCCCOC1CCN(C(=O)c2cc(F)c(F)c(F)c2)CC1. The topological polar surface area (TPSA) is 55.6 Å². The van der Waals surface area contributed by atoms with Crippen molar-refractivity contribution in [1.29, 1.82) is 0 Å². The fourth-order valence-corrected chi connectivity index (χ4v) is 2.42. The van der Waals surface area contributed by atoms with E-state index in [2.05, 4.69) is 0 Å². The number of halogens is 4. The third-order valence-corrected chi connectivity index (χ3v) is 3.66. The maximum atomic E-state index is 13.2. The Morgan fingerprint density at radius 3 is 2.30 bits per heavy atom. The highest BCUT2D eigenvalue weighted by Crippen LogP contribution is 2.19. The second-order valence-corrected chi connectivity index (χ2v) is 5.26. The molecule has 1 fully saturated rings. The van der Waals surface area contributed by atoms with Crippen LogP contribution in [0.25, 0.3) is 0 Å². The Bertz CT molecular complexity index is 514. The lowest BCUT2D eigenvalue weighted by atomic mass is 10.1. The molecule has 1 aromatic carbocycles. The molecule has 2 N–H and O–H groups in total. The van der Waals surface area contributed by atoms with Crippen molar-refractivity contribution >= 4 is 18.3 Å². The van der Waals surface area contributed by atoms with Gasteiger partial charge in [-0.25, -0.2) is 13.2 Å². The molecule has 23 heavy (non-hydrogen) atoms. The molecule has 4 nitrogen and oxygen atoms in total. The van der Waals surface area contributed by atoms with Gasteiger partial charge in [-0.05, 0) is 37.9 Å². The minimum atomic E-state index is -1.57. The third kappa shape index (κ3) is 5.09. The Morgan fingerprint density at radius 2 is 1.78 bits per heavy atom. The van der Waals surface area contributed by atoms with E-state index in [0.717, 1.165) is 18.6 Å². The molecule has 2 rings (SSSR count). The highest BCUT2D eigenvalue weighted by Gasteiger charge is 2.25. The van der Waals surface area contributed by atoms with Gasteiger partial charge < -0.3 is 15.4 Å². The standard InChI is InChI=1S/C15H19F3N2O2.ClH/c16-12-8-10(9-13(17)14(12)18)15(21)20-5-2-11(3-6-20)22-7-1-4-19;/h8-9,11H,1-7,19H2;1H. The first-order chi connectivity index (χ1) is 10.5. The number of benzene rings is 1. The van der Waals surface area contributed by atoms with Gasteiger partial charge >= 0.3 is 0 Å². The first-order valence-electron chi connectivity index (χ1n) is 7.28. The van der Waals surface area contributed by atoms with Crippen LogP contribution in [-0.4, -0.2) is 43.2 Å². The summed E-state index contributed by atoms with van der Waals surface area (Å²) in [5, 5.41) is 0. The summed E-state index contributed by atoms with van der Waals surface area (Å²) >= 11 is 0. The van der Waals surface area contributed by atoms with E-state index in [4.69, 9.17) is 10.5 Å². The number of carbonyl (C=O) groups is 1. The molecule has 0 aliphatic carbocycles. The second kappa shape index (κ2) is 9.10. The molecule has 1 amide bonds. The summed E-state index contributed by atoms with van der Waals surface area (Å²) in [5.74, 6) is -4.78. The fraction of sp³-hybridized carbons (Fsp3) is 0.533. The number of rotatable bonds is 5. The molecule has 1 aliphatic rings. The van der Waals surface area contributed by atoms with Crippen LogP contribution in [0.1, 0.15) is 29.6 Å². The van der Waals surface area contributed by atoms with Crippen molar-refractivity contribution in [2.24, 2.45) is 5.73 Å². The number of hydrogen-bond donors (Lipinski definition) is 1. The number of piperidine rings is 1. The molecule has 0 aromatic heterocycles. The fourth-order valence-electron chi connectivity index (χ4n) is 2.42. The zero-order valence-corrected chi connectivity index (χ0v) is 13.4. The van der Waals surface area contributed by atoms with E-state index >= 15 is 0 Å². The highest BCUT2D eigenvalue weighted by atomic mass is 35.5. The quantitative estimate of drug-likeness (QED) is 0.654. The Balaban J connectivity index is 0.00000264. The van der Waals surface area contributed by atoms with Crippen molar-refractivity contribution in [3.8, 4) is 0 Å². The Hall–Kier alpha value is -1.31. The summed E-state index contributed by atoms with van der Waals surface area (Å²) in [6.07, 6.45) is 2.16. The molecule has 0 atom stereocenters. The molecule has 8 heteroatoms. The molecule has 0 spiro atoms. The van der Waals surface area contributed by atoms with Gasteiger partial charge in [0.1, 0.15) is 0 Å². The minimum Gasteiger partial charge on any atom is -0.378 e. The van der Waals surface area contributed by atoms with Crippen molar-refractivity contribution in [2.45, 2.75) is 25.4 Å². The van der Waals surface area contributed by atoms with Gasteiger partial charge in [0, 0.05) is 25.3 Å². The Morgan fingerprint density at radius 1 is 1.22 bits per heavy atom. The molecule has 1 aromatic rings. The molecule has 130 valence electrons. The van der Waals surface area contributed by atoms with Crippen LogP contribution in [0.3, 0.4) is 0 Å². The van der Waals surface area contributed by atoms with Gasteiger partial charge in [0.05, 0.1) is 6.10 Å². The van der Waals surface area contributed by atoms with Crippen LogP contribution in [0.4, 0.5) is 13.2 Å². The van der Waals surface area contributed by atoms with E-state index in [0.29, 0.717) is 39.1 Å². The van der Waals surface area contributed by atoms with Gasteiger partial charge in [-0.1, -0.05) is 0 Å². The molecule has 1 saturated heterocycles. The average molecular weight is 353 g/mol. The minimum absolute atomic E-state index is 0. The van der Waals surface area contributed by atoms with Crippen molar-refractivity contribution in [2.75, 3.05) is 26.2 Å². The van der Waals surface area contributed by atoms with Crippen LogP contribution in [0.5, 0.6) is 0 Å². The van der Waals surface area contributed by atoms with Gasteiger partial charge in [0.25, 0.3) is 5.91 Å². The van der Waals surface area contributed by atoms with E-state index in [1.54, 1.807) is 0 Å². The summed E-state index contributed by atoms with van der Waals surface area (Å²) in [7, 11) is 0. The number of ether oxygens (including phenoxy) is 1. The highest BCUT2D eigenvalue weighted by molar-refractivity contribution is 5.94. The predicted octanol–water partition coefficient (Wildman–Crippen LogP) is 2.50. The van der Waals surface area contributed by atoms with Gasteiger partial charge in [-0.3, -0.25) is 4.79 Å². The maximum absolute atomic E-state index is 13.2. The zero-order chi connectivity index (χ0) is 16.1. The van der Waals surface area contributed by atoms with E-state index in [-0.39, 0.29) is 24.1 Å². The van der Waals surface area contributed by atoms with Crippen LogP contribution < -0.4 is 5.73 Å². The summed E-state index contributed by atoms with van der Waals surface area (Å²) in [4.78, 5) is 13.7. The molecule has 0 saturated carbocycles. The van der Waals surface area contributed by atoms with Gasteiger partial charge in [-0.15, -0.1) is 12.4 Å². The molecular formula is C15H20ClF3N2O2. The van der Waals surface area contributed by atoms with Crippen molar-refractivity contribution in [1.82, 2.24) is 4.90 Å². The van der Waals surface area contributed by atoms with Gasteiger partial charge in [0.15, 0.2) is 17.5 Å². The normalized spacial score (nSPS) is 15.4. The van der Waals surface area contributed by atoms with Crippen molar-refractivity contribution in [3.05, 3.63) is 35.1 Å². The molecule has 1 aliphatic heterocycles. The summed E-state index contributed by atoms with van der Waals surface area (Å²) in [6, 6.07) is 1.45. The molecular weight excluding hydrogens is 333 g/mol. The van der Waals surface area contributed by atoms with E-state index in [9.17, 15) is 18.0 Å². The molecule has 1 heterocycles. The van der Waals surface area contributed by atoms with Gasteiger partial charge in [-0.2, -0.15) is 0 Å². The monoisotopic (exact) mass is 352 g/mol.